The Hall–Kier alpha value is -7.20. The van der Waals surface area contributed by atoms with E-state index in [0.29, 0.717) is 11.5 Å². The Morgan fingerprint density at radius 3 is 1.56 bits per heavy atom. The Kier molecular flexibility index (Phi) is 13.3. The van der Waals surface area contributed by atoms with Crippen LogP contribution in [-0.2, 0) is 42.7 Å². The van der Waals surface area contributed by atoms with Gasteiger partial charge in [0.1, 0.15) is 5.82 Å². The topological polar surface area (TPSA) is 33.5 Å². The third-order valence-electron chi connectivity index (χ3n) is 15.9. The maximum atomic E-state index is 6.98. The molecule has 0 saturated carbocycles. The number of aryl methyl sites for hydroxylation is 2. The van der Waals surface area contributed by atoms with Crippen LogP contribution in [0.5, 0.6) is 11.5 Å². The summed E-state index contributed by atoms with van der Waals surface area (Å²) in [7, 11) is 0. The average molecular weight is 1160 g/mol. The third-order valence-corrected chi connectivity index (χ3v) is 15.9. The molecule has 0 atom stereocenters. The molecule has 11 rings (SSSR count). The van der Waals surface area contributed by atoms with Crippen molar-refractivity contribution < 1.29 is 25.8 Å². The van der Waals surface area contributed by atoms with Crippen LogP contribution in [0, 0.1) is 32.6 Å². The van der Waals surface area contributed by atoms with Gasteiger partial charge in [-0.25, -0.2) is 4.98 Å². The quantitative estimate of drug-likeness (QED) is 0.121. The minimum absolute atomic E-state index is 0. The van der Waals surface area contributed by atoms with Crippen LogP contribution in [0.2, 0.25) is 0 Å². The van der Waals surface area contributed by atoms with E-state index in [1.54, 1.807) is 0 Å². The standard InChI is InChI=1S/C69H65N4O.Pt/c1-46-35-63-64(36-47(46)2)72(45-71(63)55-39-53(68(8,9)49-25-17-13-18-26-49)37-54(40-55)69(10,11)50-27-19-14-20-28-50)56-38-52(66(3,4)5)41-58(43-56)74-57-31-32-60-59-29-21-22-30-61(59)73(62(60)44-57)65-42-51(33-34-70-65)67(6,7)48-23-15-12-16-24-48;/h12-42,45H,1-11H3;/q-3;. The number of benzene rings is 8. The van der Waals surface area contributed by atoms with E-state index >= 15 is 0 Å². The molecule has 0 N–H and O–H groups in total. The maximum absolute atomic E-state index is 6.98. The minimum Gasteiger partial charge on any atom is -0.509 e. The largest absolute Gasteiger partial charge is 0.509 e. The fourth-order valence-corrected chi connectivity index (χ4v) is 10.7. The van der Waals surface area contributed by atoms with Gasteiger partial charge in [0.25, 0.3) is 0 Å². The zero-order chi connectivity index (χ0) is 51.7. The van der Waals surface area contributed by atoms with Crippen molar-refractivity contribution in [2.45, 2.75) is 97.8 Å². The van der Waals surface area contributed by atoms with Gasteiger partial charge < -0.3 is 19.1 Å². The van der Waals surface area contributed by atoms with Crippen molar-refractivity contribution in [3.8, 4) is 17.3 Å². The molecule has 1 aliphatic rings. The Morgan fingerprint density at radius 1 is 0.453 bits per heavy atom. The van der Waals surface area contributed by atoms with Crippen molar-refractivity contribution in [2.75, 3.05) is 9.80 Å². The van der Waals surface area contributed by atoms with Crippen molar-refractivity contribution in [1.82, 2.24) is 9.55 Å². The van der Waals surface area contributed by atoms with Crippen molar-refractivity contribution >= 4 is 44.6 Å². The molecule has 0 amide bonds. The Labute approximate surface area is 459 Å². The zero-order valence-corrected chi connectivity index (χ0v) is 47.3. The van der Waals surface area contributed by atoms with E-state index in [-0.39, 0.29) is 42.7 Å². The molecule has 0 aliphatic carbocycles. The van der Waals surface area contributed by atoms with Crippen LogP contribution in [0.3, 0.4) is 0 Å². The minimum atomic E-state index is -0.278. The summed E-state index contributed by atoms with van der Waals surface area (Å²) in [5, 5.41) is 2.21. The Bertz CT molecular complexity index is 3650. The van der Waals surface area contributed by atoms with Gasteiger partial charge in [-0.3, -0.25) is 0 Å². The summed E-state index contributed by atoms with van der Waals surface area (Å²) < 4.78 is 9.20. The van der Waals surface area contributed by atoms with Gasteiger partial charge in [0, 0.05) is 77.6 Å². The van der Waals surface area contributed by atoms with Crippen molar-refractivity contribution in [3.63, 3.8) is 0 Å². The first-order valence-corrected chi connectivity index (χ1v) is 25.9. The number of nitrogens with zero attached hydrogens (tertiary/aromatic N) is 4. The number of aromatic nitrogens is 2. The van der Waals surface area contributed by atoms with Gasteiger partial charge in [-0.05, 0) is 112 Å². The van der Waals surface area contributed by atoms with E-state index in [9.17, 15) is 0 Å². The molecule has 5 nitrogen and oxygen atoms in total. The molecular weight excluding hydrogens is 1100 g/mol. The molecule has 8 aromatic carbocycles. The number of para-hydroxylation sites is 1. The van der Waals surface area contributed by atoms with Crippen LogP contribution < -0.4 is 14.5 Å². The van der Waals surface area contributed by atoms with Gasteiger partial charge in [-0.15, -0.1) is 53.6 Å². The Balaban J connectivity index is 0.00000641. The van der Waals surface area contributed by atoms with E-state index in [1.165, 1.54) is 44.5 Å². The molecule has 0 unspecified atom stereocenters. The van der Waals surface area contributed by atoms with Crippen molar-refractivity contribution in [3.05, 3.63) is 257 Å². The second-order valence-corrected chi connectivity index (χ2v) is 22.8. The summed E-state index contributed by atoms with van der Waals surface area (Å²) >= 11 is 0. The maximum Gasteiger partial charge on any atom is 0.135 e. The van der Waals surface area contributed by atoms with Crippen LogP contribution >= 0.6 is 0 Å². The molecule has 0 bridgehead atoms. The summed E-state index contributed by atoms with van der Waals surface area (Å²) in [4.78, 5) is 9.67. The van der Waals surface area contributed by atoms with Crippen LogP contribution in [0.25, 0.3) is 27.6 Å². The molecule has 0 spiro atoms. The predicted molar refractivity (Wildman–Crippen MR) is 308 cm³/mol. The first kappa shape index (κ1) is 51.3. The number of hydrogen-bond acceptors (Lipinski definition) is 4. The molecule has 75 heavy (non-hydrogen) atoms. The molecule has 0 radical (unpaired) electrons. The summed E-state index contributed by atoms with van der Waals surface area (Å²) in [6, 6.07) is 73.3. The molecule has 3 heterocycles. The number of hydrogen-bond donors (Lipinski definition) is 0. The van der Waals surface area contributed by atoms with E-state index in [1.807, 2.05) is 12.3 Å². The summed E-state index contributed by atoms with van der Waals surface area (Å²) in [5.41, 5.74) is 16.2. The van der Waals surface area contributed by atoms with E-state index in [0.717, 1.165) is 55.9 Å². The van der Waals surface area contributed by atoms with Gasteiger partial charge in [0.2, 0.25) is 0 Å². The molecule has 0 fully saturated rings. The fraction of sp³-hybridized carbons (Fsp3) is 0.217. The molecular formula is C69H65N4OPt-3. The predicted octanol–water partition coefficient (Wildman–Crippen LogP) is 17.9. The van der Waals surface area contributed by atoms with Gasteiger partial charge >= 0.3 is 0 Å². The summed E-state index contributed by atoms with van der Waals surface area (Å²) in [5.74, 6) is 2.05. The second kappa shape index (κ2) is 19.5. The number of rotatable bonds is 11. The van der Waals surface area contributed by atoms with Gasteiger partial charge in [-0.1, -0.05) is 183 Å². The number of anilines is 4. The molecule has 0 saturated heterocycles. The number of pyridine rings is 1. The van der Waals surface area contributed by atoms with Gasteiger partial charge in [0.05, 0.1) is 0 Å². The average Bonchev–Trinajstić information content (AvgIpc) is 3.95. The van der Waals surface area contributed by atoms with Crippen LogP contribution in [0.4, 0.5) is 22.7 Å². The fourth-order valence-electron chi connectivity index (χ4n) is 10.7. The molecule has 6 heteroatoms. The monoisotopic (exact) mass is 1160 g/mol. The number of ether oxygens (including phenoxy) is 1. The first-order chi connectivity index (χ1) is 35.4. The van der Waals surface area contributed by atoms with E-state index < -0.39 is 0 Å². The zero-order valence-electron chi connectivity index (χ0n) is 45.0. The summed E-state index contributed by atoms with van der Waals surface area (Å²) in [6.07, 6.45) is 1.93. The smallest absolute Gasteiger partial charge is 0.135 e. The van der Waals surface area contributed by atoms with Crippen LogP contribution in [0.15, 0.2) is 188 Å². The van der Waals surface area contributed by atoms with Crippen LogP contribution in [-0.4, -0.2) is 9.55 Å². The molecule has 2 aromatic heterocycles. The first-order valence-electron chi connectivity index (χ1n) is 25.9. The second-order valence-electron chi connectivity index (χ2n) is 22.8. The Morgan fingerprint density at radius 2 is 0.987 bits per heavy atom. The van der Waals surface area contributed by atoms with E-state index in [4.69, 9.17) is 9.72 Å². The SMILES string of the molecule is Cc1cc2c(cc1C)N(c1cc(C(C)(C)c3ccccc3)cc(C(C)(C)c3ccccc3)c1)[CH-]N2c1[c-]c(Oc2[c-]c3c(cc2)c2ccccc2n3-c2cc(C(C)(C)c3ccccc3)ccn2)cc(C(C)(C)C)c1.[Pt]. The normalized spacial score (nSPS) is 13.1. The van der Waals surface area contributed by atoms with Crippen molar-refractivity contribution in [1.29, 1.82) is 0 Å². The van der Waals surface area contributed by atoms with Crippen molar-refractivity contribution in [2.24, 2.45) is 0 Å². The van der Waals surface area contributed by atoms with Crippen LogP contribution in [0.1, 0.15) is 112 Å². The molecule has 380 valence electrons. The van der Waals surface area contributed by atoms with E-state index in [2.05, 4.69) is 285 Å². The van der Waals surface area contributed by atoms with Gasteiger partial charge in [-0.2, -0.15) is 6.07 Å². The van der Waals surface area contributed by atoms with Gasteiger partial charge in [0.15, 0.2) is 0 Å². The number of fused-ring (bicyclic) bond motifs is 4. The summed E-state index contributed by atoms with van der Waals surface area (Å²) in [6.45, 7) is 27.3. The third kappa shape index (κ3) is 9.39. The molecule has 10 aromatic rings. The molecule has 1 aliphatic heterocycles.